The van der Waals surface area contributed by atoms with E-state index in [1.807, 2.05) is 18.1 Å². The third-order valence-electron chi connectivity index (χ3n) is 3.34. The van der Waals surface area contributed by atoms with Crippen molar-refractivity contribution in [2.24, 2.45) is 11.7 Å². The Balaban J connectivity index is 2.37. The maximum Gasteiger partial charge on any atom is 0.239 e. The van der Waals surface area contributed by atoms with Gasteiger partial charge in [0.25, 0.3) is 0 Å². The van der Waals surface area contributed by atoms with Gasteiger partial charge in [0.2, 0.25) is 5.91 Å². The van der Waals surface area contributed by atoms with E-state index in [0.29, 0.717) is 5.92 Å². The molecule has 1 saturated heterocycles. The molecule has 5 heteroatoms. The molecule has 0 saturated carbocycles. The number of thioether (sulfide) groups is 1. The number of nitrogens with zero attached hydrogens (tertiary/aromatic N) is 1. The lowest BCUT2D eigenvalue weighted by molar-refractivity contribution is -0.134. The van der Waals surface area contributed by atoms with Crippen LogP contribution in [-0.2, 0) is 9.53 Å². The quantitative estimate of drug-likeness (QED) is 0.761. The Morgan fingerprint density at radius 1 is 1.61 bits per heavy atom. The zero-order valence-electron chi connectivity index (χ0n) is 11.6. The Morgan fingerprint density at radius 2 is 2.39 bits per heavy atom. The van der Waals surface area contributed by atoms with Gasteiger partial charge in [-0.1, -0.05) is 0 Å². The topological polar surface area (TPSA) is 55.6 Å². The Kier molecular flexibility index (Phi) is 7.70. The third kappa shape index (κ3) is 5.16. The van der Waals surface area contributed by atoms with E-state index in [9.17, 15) is 4.79 Å². The van der Waals surface area contributed by atoms with Gasteiger partial charge in [-0.2, -0.15) is 11.8 Å². The van der Waals surface area contributed by atoms with E-state index in [4.69, 9.17) is 10.5 Å². The van der Waals surface area contributed by atoms with Gasteiger partial charge in [-0.3, -0.25) is 4.79 Å². The van der Waals surface area contributed by atoms with Crippen molar-refractivity contribution in [2.45, 2.75) is 32.2 Å². The van der Waals surface area contributed by atoms with E-state index in [2.05, 4.69) is 0 Å². The fraction of sp³-hybridized carbons (Fsp3) is 0.923. The number of nitrogens with two attached hydrogens (primary N) is 1. The average Bonchev–Trinajstić information content (AvgIpc) is 2.42. The lowest BCUT2D eigenvalue weighted by Crippen LogP contribution is -2.48. The molecule has 0 aliphatic carbocycles. The van der Waals surface area contributed by atoms with E-state index in [1.165, 1.54) is 0 Å². The summed E-state index contributed by atoms with van der Waals surface area (Å²) in [5.41, 5.74) is 5.94. The van der Waals surface area contributed by atoms with E-state index in [0.717, 1.165) is 51.3 Å². The van der Waals surface area contributed by atoms with Crippen molar-refractivity contribution in [3.8, 4) is 0 Å². The van der Waals surface area contributed by atoms with Crippen LogP contribution in [0.25, 0.3) is 0 Å². The van der Waals surface area contributed by atoms with Crippen LogP contribution < -0.4 is 5.73 Å². The summed E-state index contributed by atoms with van der Waals surface area (Å²) in [5, 5.41) is 0. The molecule has 4 nitrogen and oxygen atoms in total. The molecule has 18 heavy (non-hydrogen) atoms. The normalized spacial score (nSPS) is 21.9. The third-order valence-corrected chi connectivity index (χ3v) is 3.98. The minimum Gasteiger partial charge on any atom is -0.381 e. The number of carbonyl (C=O) groups is 1. The van der Waals surface area contributed by atoms with Crippen molar-refractivity contribution in [2.75, 3.05) is 38.3 Å². The van der Waals surface area contributed by atoms with Gasteiger partial charge < -0.3 is 15.4 Å². The molecule has 1 unspecified atom stereocenters. The van der Waals surface area contributed by atoms with Crippen molar-refractivity contribution < 1.29 is 9.53 Å². The van der Waals surface area contributed by atoms with Gasteiger partial charge in [0.15, 0.2) is 0 Å². The number of piperidine rings is 1. The fourth-order valence-electron chi connectivity index (χ4n) is 2.29. The first kappa shape index (κ1) is 15.8. The molecule has 106 valence electrons. The number of rotatable bonds is 7. The molecule has 0 bridgehead atoms. The first-order valence-electron chi connectivity index (χ1n) is 6.80. The Hall–Kier alpha value is -0.260. The van der Waals surface area contributed by atoms with Crippen LogP contribution in [0.5, 0.6) is 0 Å². The molecule has 1 aliphatic heterocycles. The van der Waals surface area contributed by atoms with Crippen LogP contribution in [0.15, 0.2) is 0 Å². The zero-order chi connectivity index (χ0) is 13.4. The molecule has 0 radical (unpaired) electrons. The molecule has 0 spiro atoms. The molecular weight excluding hydrogens is 248 g/mol. The number of amides is 1. The minimum atomic E-state index is -0.330. The molecule has 1 fully saturated rings. The molecular formula is C13H26N2O2S. The van der Waals surface area contributed by atoms with E-state index in [-0.39, 0.29) is 11.9 Å². The molecule has 0 aromatic rings. The summed E-state index contributed by atoms with van der Waals surface area (Å²) in [6.07, 6.45) is 5.03. The highest BCUT2D eigenvalue weighted by Gasteiger charge is 2.26. The van der Waals surface area contributed by atoms with Gasteiger partial charge in [-0.15, -0.1) is 0 Å². The van der Waals surface area contributed by atoms with E-state index >= 15 is 0 Å². The van der Waals surface area contributed by atoms with Crippen molar-refractivity contribution >= 4 is 17.7 Å². The lowest BCUT2D eigenvalue weighted by atomic mass is 9.98. The van der Waals surface area contributed by atoms with Crippen LogP contribution in [0.1, 0.15) is 26.2 Å². The number of carbonyl (C=O) groups excluding carboxylic acids is 1. The number of hydrogen-bond donors (Lipinski definition) is 1. The van der Waals surface area contributed by atoms with Crippen molar-refractivity contribution in [1.82, 2.24) is 4.90 Å². The second-order valence-electron chi connectivity index (χ2n) is 4.84. The van der Waals surface area contributed by atoms with Crippen LogP contribution in [-0.4, -0.2) is 55.2 Å². The maximum absolute atomic E-state index is 12.2. The molecule has 0 aromatic heterocycles. The molecule has 2 atom stereocenters. The average molecular weight is 274 g/mol. The SMILES string of the molecule is CCOCC1CCCN(C(=O)[C@@H](N)CCSC)C1. The molecule has 1 amide bonds. The van der Waals surface area contributed by atoms with Gasteiger partial charge in [-0.05, 0) is 44.1 Å². The van der Waals surface area contributed by atoms with Crippen LogP contribution in [0, 0.1) is 5.92 Å². The Labute approximate surface area is 115 Å². The summed E-state index contributed by atoms with van der Waals surface area (Å²) in [6.45, 7) is 5.18. The first-order chi connectivity index (χ1) is 8.69. The van der Waals surface area contributed by atoms with Gasteiger partial charge in [0, 0.05) is 19.7 Å². The summed E-state index contributed by atoms with van der Waals surface area (Å²) in [4.78, 5) is 14.1. The van der Waals surface area contributed by atoms with Gasteiger partial charge in [0.05, 0.1) is 12.6 Å². The van der Waals surface area contributed by atoms with Crippen molar-refractivity contribution in [1.29, 1.82) is 0 Å². The molecule has 1 rings (SSSR count). The summed E-state index contributed by atoms with van der Waals surface area (Å²) in [7, 11) is 0. The Bertz CT molecular complexity index is 251. The number of ether oxygens (including phenoxy) is 1. The van der Waals surface area contributed by atoms with Gasteiger partial charge in [0.1, 0.15) is 0 Å². The summed E-state index contributed by atoms with van der Waals surface area (Å²) in [6, 6.07) is -0.330. The predicted octanol–water partition coefficient (Wildman–Crippen LogP) is 1.34. The van der Waals surface area contributed by atoms with Crippen LogP contribution >= 0.6 is 11.8 Å². The number of likely N-dealkylation sites (tertiary alicyclic amines) is 1. The highest BCUT2D eigenvalue weighted by molar-refractivity contribution is 7.98. The predicted molar refractivity (Wildman–Crippen MR) is 76.8 cm³/mol. The molecule has 1 heterocycles. The monoisotopic (exact) mass is 274 g/mol. The van der Waals surface area contributed by atoms with Gasteiger partial charge >= 0.3 is 0 Å². The van der Waals surface area contributed by atoms with Crippen LogP contribution in [0.3, 0.4) is 0 Å². The van der Waals surface area contributed by atoms with E-state index in [1.54, 1.807) is 11.8 Å². The summed E-state index contributed by atoms with van der Waals surface area (Å²) in [5.74, 6) is 1.55. The Morgan fingerprint density at radius 3 is 3.06 bits per heavy atom. The van der Waals surface area contributed by atoms with Crippen molar-refractivity contribution in [3.05, 3.63) is 0 Å². The minimum absolute atomic E-state index is 0.116. The second-order valence-corrected chi connectivity index (χ2v) is 5.83. The largest absolute Gasteiger partial charge is 0.381 e. The summed E-state index contributed by atoms with van der Waals surface area (Å²) < 4.78 is 5.45. The zero-order valence-corrected chi connectivity index (χ0v) is 12.4. The number of hydrogen-bond acceptors (Lipinski definition) is 4. The van der Waals surface area contributed by atoms with Crippen LogP contribution in [0.4, 0.5) is 0 Å². The van der Waals surface area contributed by atoms with Crippen molar-refractivity contribution in [3.63, 3.8) is 0 Å². The molecule has 1 aliphatic rings. The second kappa shape index (κ2) is 8.77. The highest BCUT2D eigenvalue weighted by Crippen LogP contribution is 2.18. The van der Waals surface area contributed by atoms with Gasteiger partial charge in [-0.25, -0.2) is 0 Å². The van der Waals surface area contributed by atoms with Crippen LogP contribution in [0.2, 0.25) is 0 Å². The first-order valence-corrected chi connectivity index (χ1v) is 8.19. The maximum atomic E-state index is 12.2. The standard InChI is InChI=1S/C13H26N2O2S/c1-3-17-10-11-5-4-7-15(9-11)13(16)12(14)6-8-18-2/h11-12H,3-10,14H2,1-2H3/t11?,12-/m0/s1. The lowest BCUT2D eigenvalue weighted by Gasteiger charge is -2.34. The fourth-order valence-corrected chi connectivity index (χ4v) is 2.78. The highest BCUT2D eigenvalue weighted by atomic mass is 32.2. The smallest absolute Gasteiger partial charge is 0.239 e. The van der Waals surface area contributed by atoms with E-state index < -0.39 is 0 Å². The summed E-state index contributed by atoms with van der Waals surface area (Å²) >= 11 is 1.73. The molecule has 0 aromatic carbocycles. The molecule has 2 N–H and O–H groups in total.